The minimum absolute atomic E-state index is 0.0481. The fourth-order valence-electron chi connectivity index (χ4n) is 10.4. The highest BCUT2D eigenvalue weighted by Gasteiger charge is 2.37. The standard InChI is InChI=1S/C60H60N5O15P3S/c1-10-75-55-32(7)48(81(66,67)68)28-37(58(55)78-13-4)52-42-22-20-40(62-42)51(35-16-18-36(19-17-35)61-31-84)41-21-23-43(63-41)53(38-29-49(82(69,70)71)33(8)56(76-11-2)59(38)79-14-5)45-25-27-47(65-45)54(46-26-24-44(52)64-46)39-30-50(83(72,73)74)34(9)57(77-12-3)60(39)80-15-6/h16-30H,10-15H2,1-9H3,(H2,66,67,68)(H2,69,70,71)(H2,72,73,74). The Morgan fingerprint density at radius 2 is 0.679 bits per heavy atom. The van der Waals surface area contributed by atoms with Crippen LogP contribution in [0.4, 0.5) is 5.69 Å². The lowest BCUT2D eigenvalue weighted by molar-refractivity contribution is 0.285. The van der Waals surface area contributed by atoms with Crippen molar-refractivity contribution in [3.63, 3.8) is 0 Å². The third-order valence-electron chi connectivity index (χ3n) is 13.8. The molecule has 4 aromatic rings. The second-order valence-corrected chi connectivity index (χ2v) is 23.9. The normalized spacial score (nSPS) is 15.7. The van der Waals surface area contributed by atoms with Crippen molar-refractivity contribution >= 4 is 107 Å². The van der Waals surface area contributed by atoms with Gasteiger partial charge in [-0.1, -0.05) is 12.1 Å². The van der Waals surface area contributed by atoms with Gasteiger partial charge in [-0.25, -0.2) is 20.0 Å². The van der Waals surface area contributed by atoms with Gasteiger partial charge in [0.15, 0.2) is 34.5 Å². The first-order valence-corrected chi connectivity index (χ1v) is 32.0. The molecule has 4 aromatic carbocycles. The Morgan fingerprint density at radius 1 is 0.417 bits per heavy atom. The molecule has 0 amide bonds. The summed E-state index contributed by atoms with van der Waals surface area (Å²) >= 11 is 4.92. The molecule has 0 aromatic heterocycles. The zero-order valence-corrected chi connectivity index (χ0v) is 50.7. The molecule has 8 bridgehead atoms. The molecule has 84 heavy (non-hydrogen) atoms. The van der Waals surface area contributed by atoms with Gasteiger partial charge < -0.3 is 57.8 Å². The van der Waals surface area contributed by atoms with Crippen LogP contribution in [-0.2, 0) is 13.7 Å². The number of hydrogen-bond acceptors (Lipinski definition) is 15. The number of nitrogens with zero attached hydrogens (tertiary/aromatic N) is 5. The second-order valence-electron chi connectivity index (χ2n) is 19.0. The van der Waals surface area contributed by atoms with Crippen molar-refractivity contribution in [3.05, 3.63) is 153 Å². The van der Waals surface area contributed by atoms with E-state index in [-0.39, 0.29) is 174 Å². The molecule has 24 heteroatoms. The highest BCUT2D eigenvalue weighted by molar-refractivity contribution is 7.78. The van der Waals surface area contributed by atoms with Crippen molar-refractivity contribution in [2.45, 2.75) is 62.3 Å². The summed E-state index contributed by atoms with van der Waals surface area (Å²) in [6.45, 7) is 15.6. The Labute approximate surface area is 490 Å². The summed E-state index contributed by atoms with van der Waals surface area (Å²) in [5, 5.41) is 1.34. The largest absolute Gasteiger partial charge is 0.490 e. The number of ether oxygens (including phenoxy) is 6. The Bertz CT molecular complexity index is 3970. The molecule has 0 saturated heterocycles. The number of isothiocyanates is 1. The van der Waals surface area contributed by atoms with Gasteiger partial charge in [-0.3, -0.25) is 13.7 Å². The number of benzene rings is 4. The molecule has 5 aliphatic heterocycles. The van der Waals surface area contributed by atoms with Gasteiger partial charge in [-0.05, 0) is 159 Å². The van der Waals surface area contributed by atoms with Crippen LogP contribution in [0.25, 0.3) is 22.3 Å². The first-order valence-electron chi connectivity index (χ1n) is 26.8. The molecule has 0 aliphatic carbocycles. The van der Waals surface area contributed by atoms with E-state index in [1.807, 2.05) is 12.1 Å². The Hall–Kier alpha value is -7.47. The summed E-state index contributed by atoms with van der Waals surface area (Å²) in [6, 6.07) is 11.1. The molecule has 5 heterocycles. The Kier molecular flexibility index (Phi) is 17.9. The molecule has 5 aliphatic rings. The van der Waals surface area contributed by atoms with Gasteiger partial charge in [-0.15, -0.1) is 0 Å². The third kappa shape index (κ3) is 11.7. The van der Waals surface area contributed by atoms with Gasteiger partial charge in [-0.2, -0.15) is 4.99 Å². The van der Waals surface area contributed by atoms with Crippen LogP contribution in [0.5, 0.6) is 34.5 Å². The van der Waals surface area contributed by atoms with E-state index >= 15 is 0 Å². The smallest absolute Gasteiger partial charge is 0.356 e. The summed E-state index contributed by atoms with van der Waals surface area (Å²) < 4.78 is 78.4. The van der Waals surface area contributed by atoms with Gasteiger partial charge in [0.1, 0.15) is 0 Å². The number of aliphatic imine (C=N–C) groups is 5. The molecular formula is C60H60N5O15P3S. The summed E-state index contributed by atoms with van der Waals surface area (Å²) in [7, 11) is -15.2. The molecule has 9 rings (SSSR count). The van der Waals surface area contributed by atoms with E-state index in [0.717, 1.165) is 0 Å². The topological polar surface area (TPSA) is 290 Å². The number of allylic oxidation sites excluding steroid dienone is 12. The van der Waals surface area contributed by atoms with Crippen LogP contribution < -0.4 is 44.3 Å². The van der Waals surface area contributed by atoms with E-state index in [4.69, 9.17) is 60.6 Å². The maximum atomic E-state index is 13.6. The predicted octanol–water partition coefficient (Wildman–Crippen LogP) is 10.1. The molecule has 0 atom stereocenters. The van der Waals surface area contributed by atoms with Crippen molar-refractivity contribution in [1.82, 2.24) is 0 Å². The van der Waals surface area contributed by atoms with Crippen LogP contribution in [0.15, 0.2) is 139 Å². The quantitative estimate of drug-likeness (QED) is 0.0272. The van der Waals surface area contributed by atoms with Crippen LogP contribution in [0.1, 0.15) is 80.5 Å². The van der Waals surface area contributed by atoms with E-state index in [2.05, 4.69) is 10.2 Å². The van der Waals surface area contributed by atoms with Gasteiger partial charge in [0.05, 0.1) is 112 Å². The summed E-state index contributed by atoms with van der Waals surface area (Å²) in [6.07, 6.45) is 13.6. The SMILES string of the molecule is CCOc1c(C2=C3C=CC(=N3)C(c3ccc(N=C=S)cc3)=C3C=CC(=N3)C(c3cc(P(=O)(O)O)c(C)c(OCC)c3OCC)=C3C=CC(=N3)C(c3cc(P(=O)(O)O)c(C)c(OCC)c3OCC)=C3C=CC2=N3)cc(P(=O)(O)O)c(C)c1OCC. The molecule has 436 valence electrons. The van der Waals surface area contributed by atoms with Crippen LogP contribution in [-0.4, -0.2) is 97.0 Å². The maximum absolute atomic E-state index is 13.6. The number of rotatable bonds is 20. The number of thiocarbonyl (C=S) groups is 1. The summed E-state index contributed by atoms with van der Waals surface area (Å²) in [5.74, 6) is 0.600. The minimum atomic E-state index is -5.09. The molecule has 0 saturated carbocycles. The van der Waals surface area contributed by atoms with Crippen LogP contribution >= 0.6 is 35.0 Å². The minimum Gasteiger partial charge on any atom is -0.490 e. The van der Waals surface area contributed by atoms with Crippen molar-refractivity contribution in [2.75, 3.05) is 39.6 Å². The lowest BCUT2D eigenvalue weighted by Crippen LogP contribution is -2.16. The number of hydrogen-bond donors (Lipinski definition) is 6. The van der Waals surface area contributed by atoms with Gasteiger partial charge in [0.25, 0.3) is 0 Å². The summed E-state index contributed by atoms with van der Waals surface area (Å²) in [4.78, 5) is 91.5. The van der Waals surface area contributed by atoms with E-state index < -0.39 is 22.8 Å². The van der Waals surface area contributed by atoms with Crippen molar-refractivity contribution in [3.8, 4) is 34.5 Å². The fraction of sp³-hybridized carbons (Fsp3) is 0.250. The van der Waals surface area contributed by atoms with E-state index in [1.165, 1.54) is 39.0 Å². The average molecular weight is 1220 g/mol. The highest BCUT2D eigenvalue weighted by Crippen LogP contribution is 2.51. The molecular weight excluding hydrogens is 1160 g/mol. The van der Waals surface area contributed by atoms with E-state index in [0.29, 0.717) is 28.2 Å². The lowest BCUT2D eigenvalue weighted by atomic mass is 9.95. The molecule has 6 N–H and O–H groups in total. The number of fused-ring (bicyclic) bond motifs is 4. The molecule has 20 nitrogen and oxygen atoms in total. The van der Waals surface area contributed by atoms with Gasteiger partial charge in [0, 0.05) is 55.7 Å². The molecule has 0 spiro atoms. The van der Waals surface area contributed by atoms with Crippen molar-refractivity contribution in [2.24, 2.45) is 25.0 Å². The summed E-state index contributed by atoms with van der Waals surface area (Å²) in [5.41, 5.74) is 5.06. The molecule has 0 radical (unpaired) electrons. The first kappa shape index (κ1) is 61.1. The van der Waals surface area contributed by atoms with Gasteiger partial charge >= 0.3 is 22.8 Å². The van der Waals surface area contributed by atoms with Gasteiger partial charge in [0.2, 0.25) is 0 Å². The zero-order valence-electron chi connectivity index (χ0n) is 47.2. The predicted molar refractivity (Wildman–Crippen MR) is 331 cm³/mol. The molecule has 0 fully saturated rings. The highest BCUT2D eigenvalue weighted by atomic mass is 32.1. The average Bonchev–Trinajstić information content (AvgIpc) is 1.72. The van der Waals surface area contributed by atoms with Crippen LogP contribution in [0, 0.1) is 20.8 Å². The lowest BCUT2D eigenvalue weighted by Gasteiger charge is -2.23. The first-order chi connectivity index (χ1) is 40.0. The van der Waals surface area contributed by atoms with Crippen LogP contribution in [0.3, 0.4) is 0 Å². The Balaban J connectivity index is 1.52. The van der Waals surface area contributed by atoms with Crippen molar-refractivity contribution in [1.29, 1.82) is 0 Å². The fourth-order valence-corrected chi connectivity index (χ4v) is 13.0. The maximum Gasteiger partial charge on any atom is 0.356 e. The second kappa shape index (κ2) is 24.6. The Morgan fingerprint density at radius 3 is 0.940 bits per heavy atom. The van der Waals surface area contributed by atoms with E-state index in [1.54, 1.807) is 102 Å². The third-order valence-corrected chi connectivity index (χ3v) is 17.2. The monoisotopic (exact) mass is 1220 g/mol. The molecule has 0 unspecified atom stereocenters. The van der Waals surface area contributed by atoms with E-state index in [9.17, 15) is 43.1 Å². The zero-order chi connectivity index (χ0) is 60.6. The van der Waals surface area contributed by atoms with Crippen molar-refractivity contribution < 1.29 is 71.5 Å². The van der Waals surface area contributed by atoms with Crippen LogP contribution in [0.2, 0.25) is 0 Å².